The van der Waals surface area contributed by atoms with Gasteiger partial charge in [-0.1, -0.05) is 48.5 Å². The highest BCUT2D eigenvalue weighted by Gasteiger charge is 2.59. The lowest BCUT2D eigenvalue weighted by molar-refractivity contribution is -0.145. The lowest BCUT2D eigenvalue weighted by Crippen LogP contribution is -2.54. The summed E-state index contributed by atoms with van der Waals surface area (Å²) in [5.74, 6) is -1.36. The van der Waals surface area contributed by atoms with Crippen molar-refractivity contribution in [3.05, 3.63) is 65.7 Å². The molecule has 2 aliphatic heterocycles. The van der Waals surface area contributed by atoms with Gasteiger partial charge in [0.2, 0.25) is 0 Å². The zero-order valence-electron chi connectivity index (χ0n) is 13.1. The van der Waals surface area contributed by atoms with Crippen molar-refractivity contribution >= 4 is 23.5 Å². The first-order valence-electron chi connectivity index (χ1n) is 7.81. The van der Waals surface area contributed by atoms with Crippen LogP contribution >= 0.6 is 0 Å². The van der Waals surface area contributed by atoms with E-state index >= 15 is 0 Å². The first kappa shape index (κ1) is 15.3. The zero-order chi connectivity index (χ0) is 17.6. The Hall–Kier alpha value is -3.19. The van der Waals surface area contributed by atoms with Crippen LogP contribution in [0.5, 0.6) is 0 Å². The molecule has 1 fully saturated rings. The molecule has 2 aliphatic rings. The van der Waals surface area contributed by atoms with Gasteiger partial charge in [-0.15, -0.1) is 0 Å². The summed E-state index contributed by atoms with van der Waals surface area (Å²) in [7, 11) is 0. The molecule has 4 amide bonds. The van der Waals surface area contributed by atoms with E-state index in [4.69, 9.17) is 0 Å². The van der Waals surface area contributed by atoms with Crippen molar-refractivity contribution in [3.63, 3.8) is 0 Å². The second-order valence-corrected chi connectivity index (χ2v) is 6.06. The maximum absolute atomic E-state index is 12.8. The number of amides is 4. The van der Waals surface area contributed by atoms with Gasteiger partial charge >= 0.3 is 6.03 Å². The van der Waals surface area contributed by atoms with E-state index in [1.165, 1.54) is 0 Å². The molecule has 0 bridgehead atoms. The highest BCUT2D eigenvalue weighted by molar-refractivity contribution is 6.13. The van der Waals surface area contributed by atoms with Crippen LogP contribution in [-0.4, -0.2) is 33.9 Å². The predicted octanol–water partition coefficient (Wildman–Crippen LogP) is 0.947. The Balaban J connectivity index is 1.67. The van der Waals surface area contributed by atoms with Crippen molar-refractivity contribution in [3.8, 4) is 0 Å². The number of hydrogen-bond donors (Lipinski definition) is 3. The Morgan fingerprint density at radius 2 is 1.68 bits per heavy atom. The Morgan fingerprint density at radius 1 is 1.00 bits per heavy atom. The SMILES string of the molecule is O=C1N[C@H]([C@@]2(O)C(=O)Nc3ccccc32)C(=O)N1Cc1ccccc1. The van der Waals surface area contributed by atoms with Gasteiger partial charge in [0.25, 0.3) is 11.8 Å². The Morgan fingerprint density at radius 3 is 2.44 bits per heavy atom. The highest BCUT2D eigenvalue weighted by atomic mass is 16.3. The molecular weight excluding hydrogens is 322 g/mol. The number of fused-ring (bicyclic) bond motifs is 1. The van der Waals surface area contributed by atoms with Crippen LogP contribution in [0.25, 0.3) is 0 Å². The van der Waals surface area contributed by atoms with Crippen molar-refractivity contribution < 1.29 is 19.5 Å². The lowest BCUT2D eigenvalue weighted by Gasteiger charge is -2.25. The van der Waals surface area contributed by atoms with Gasteiger partial charge in [-0.05, 0) is 11.6 Å². The number of benzene rings is 2. The van der Waals surface area contributed by atoms with Crippen molar-refractivity contribution in [1.82, 2.24) is 10.2 Å². The number of para-hydroxylation sites is 1. The summed E-state index contributed by atoms with van der Waals surface area (Å²) in [6.45, 7) is 0.0708. The second-order valence-electron chi connectivity index (χ2n) is 6.06. The minimum Gasteiger partial charge on any atom is -0.373 e. The van der Waals surface area contributed by atoms with E-state index in [0.717, 1.165) is 10.5 Å². The van der Waals surface area contributed by atoms with Gasteiger partial charge in [-0.3, -0.25) is 14.5 Å². The number of urea groups is 1. The second kappa shape index (κ2) is 5.42. The van der Waals surface area contributed by atoms with Crippen LogP contribution in [0.2, 0.25) is 0 Å². The lowest BCUT2D eigenvalue weighted by atomic mass is 9.87. The average molecular weight is 337 g/mol. The van der Waals surface area contributed by atoms with Crippen LogP contribution in [0.15, 0.2) is 54.6 Å². The minimum atomic E-state index is -2.13. The topological polar surface area (TPSA) is 98.7 Å². The summed E-state index contributed by atoms with van der Waals surface area (Å²) in [6, 6.07) is 13.6. The predicted molar refractivity (Wildman–Crippen MR) is 88.3 cm³/mol. The Kier molecular flexibility index (Phi) is 3.33. The molecule has 25 heavy (non-hydrogen) atoms. The monoisotopic (exact) mass is 337 g/mol. The summed E-state index contributed by atoms with van der Waals surface area (Å²) < 4.78 is 0. The first-order chi connectivity index (χ1) is 12.0. The zero-order valence-corrected chi connectivity index (χ0v) is 13.1. The van der Waals surface area contributed by atoms with Gasteiger partial charge in [0.1, 0.15) is 0 Å². The fourth-order valence-corrected chi connectivity index (χ4v) is 3.27. The van der Waals surface area contributed by atoms with Crippen molar-refractivity contribution in [2.24, 2.45) is 0 Å². The van der Waals surface area contributed by atoms with Gasteiger partial charge in [-0.25, -0.2) is 4.79 Å². The normalized spacial score (nSPS) is 24.9. The third kappa shape index (κ3) is 2.20. The number of nitrogens with zero attached hydrogens (tertiary/aromatic N) is 1. The summed E-state index contributed by atoms with van der Waals surface area (Å²) in [5, 5.41) is 16.0. The third-order valence-corrected chi connectivity index (χ3v) is 4.56. The molecular formula is C18H15N3O4. The number of carbonyl (C=O) groups excluding carboxylic acids is 3. The number of aliphatic hydroxyl groups is 1. The molecule has 0 radical (unpaired) electrons. The average Bonchev–Trinajstić information content (AvgIpc) is 3.05. The summed E-state index contributed by atoms with van der Waals surface area (Å²) in [4.78, 5) is 38.4. The number of rotatable bonds is 3. The standard InChI is InChI=1S/C18H15N3O4/c22-15-14(18(25)12-8-4-5-9-13(12)19-16(18)23)20-17(24)21(15)10-11-6-2-1-3-7-11/h1-9,14,25H,10H2,(H,19,23)(H,20,24)/t14-,18+/m0/s1. The fourth-order valence-electron chi connectivity index (χ4n) is 3.27. The van der Waals surface area contributed by atoms with Gasteiger partial charge in [0.15, 0.2) is 11.6 Å². The number of imide groups is 1. The van der Waals surface area contributed by atoms with Crippen molar-refractivity contribution in [2.45, 2.75) is 18.2 Å². The molecule has 3 N–H and O–H groups in total. The third-order valence-electron chi connectivity index (χ3n) is 4.56. The summed E-state index contributed by atoms with van der Waals surface area (Å²) >= 11 is 0. The minimum absolute atomic E-state index is 0.0708. The highest BCUT2D eigenvalue weighted by Crippen LogP contribution is 2.40. The molecule has 7 heteroatoms. The number of nitrogens with one attached hydrogen (secondary N) is 2. The van der Waals surface area contributed by atoms with Crippen LogP contribution in [0.1, 0.15) is 11.1 Å². The molecule has 0 saturated carbocycles. The smallest absolute Gasteiger partial charge is 0.325 e. The van der Waals surface area contributed by atoms with Crippen molar-refractivity contribution in [2.75, 3.05) is 5.32 Å². The van der Waals surface area contributed by atoms with Crippen LogP contribution in [-0.2, 0) is 21.7 Å². The van der Waals surface area contributed by atoms with Crippen LogP contribution < -0.4 is 10.6 Å². The number of anilines is 1. The van der Waals surface area contributed by atoms with E-state index in [1.54, 1.807) is 48.5 Å². The first-order valence-corrected chi connectivity index (χ1v) is 7.81. The van der Waals surface area contributed by atoms with Gasteiger partial charge in [0.05, 0.1) is 6.54 Å². The van der Waals surface area contributed by atoms with E-state index in [-0.39, 0.29) is 12.1 Å². The summed E-state index contributed by atoms with van der Waals surface area (Å²) in [6.07, 6.45) is 0. The quantitative estimate of drug-likeness (QED) is 0.726. The number of carbonyl (C=O) groups is 3. The van der Waals surface area contributed by atoms with E-state index in [0.29, 0.717) is 5.69 Å². The van der Waals surface area contributed by atoms with Gasteiger partial charge in [-0.2, -0.15) is 0 Å². The van der Waals surface area contributed by atoms with Crippen LogP contribution in [0.4, 0.5) is 10.5 Å². The number of hydrogen-bond acceptors (Lipinski definition) is 4. The van der Waals surface area contributed by atoms with Crippen LogP contribution in [0.3, 0.4) is 0 Å². The van der Waals surface area contributed by atoms with E-state index in [1.807, 2.05) is 6.07 Å². The molecule has 2 aromatic carbocycles. The molecule has 2 aromatic rings. The molecule has 2 heterocycles. The maximum Gasteiger partial charge on any atom is 0.325 e. The van der Waals surface area contributed by atoms with E-state index in [2.05, 4.69) is 10.6 Å². The van der Waals surface area contributed by atoms with E-state index in [9.17, 15) is 19.5 Å². The molecule has 0 aromatic heterocycles. The van der Waals surface area contributed by atoms with E-state index < -0.39 is 29.5 Å². The summed E-state index contributed by atoms with van der Waals surface area (Å²) in [5.41, 5.74) is -0.650. The fraction of sp³-hybridized carbons (Fsp3) is 0.167. The Labute approximate surface area is 143 Å². The maximum atomic E-state index is 12.8. The molecule has 0 aliphatic carbocycles. The molecule has 1 saturated heterocycles. The molecule has 126 valence electrons. The van der Waals surface area contributed by atoms with Gasteiger partial charge < -0.3 is 15.7 Å². The van der Waals surface area contributed by atoms with Crippen LogP contribution in [0, 0.1) is 0 Å². The van der Waals surface area contributed by atoms with Gasteiger partial charge in [0, 0.05) is 11.3 Å². The molecule has 0 spiro atoms. The molecule has 4 rings (SSSR count). The largest absolute Gasteiger partial charge is 0.373 e. The Bertz CT molecular complexity index is 883. The molecule has 0 unspecified atom stereocenters. The molecule has 2 atom stereocenters. The van der Waals surface area contributed by atoms with Crippen molar-refractivity contribution in [1.29, 1.82) is 0 Å². The molecule has 7 nitrogen and oxygen atoms in total.